The van der Waals surface area contributed by atoms with Gasteiger partial charge in [0.25, 0.3) is 0 Å². The van der Waals surface area contributed by atoms with Gasteiger partial charge in [-0.05, 0) is 70.8 Å². The van der Waals surface area contributed by atoms with Crippen LogP contribution in [0.15, 0.2) is 84.9 Å². The van der Waals surface area contributed by atoms with E-state index >= 15 is 0 Å². The number of nitrogens with one attached hydrogen (secondary N) is 2. The molecular weight excluding hydrogens is 604 g/mol. The van der Waals surface area contributed by atoms with E-state index in [0.29, 0.717) is 22.3 Å². The molecule has 0 unspecified atom stereocenters. The van der Waals surface area contributed by atoms with Gasteiger partial charge in [-0.15, -0.1) is 0 Å². The number of rotatable bonds is 13. The maximum absolute atomic E-state index is 14.9. The lowest BCUT2D eigenvalue weighted by Crippen LogP contribution is -2.40. The summed E-state index contributed by atoms with van der Waals surface area (Å²) in [5.74, 6) is -2.29. The third kappa shape index (κ3) is 9.37. The summed E-state index contributed by atoms with van der Waals surface area (Å²) in [5, 5.41) is 5.04. The van der Waals surface area contributed by atoms with Gasteiger partial charge in [0.1, 0.15) is 24.8 Å². The average Bonchev–Trinajstić information content (AvgIpc) is 3.04. The van der Waals surface area contributed by atoms with Crippen LogP contribution in [0.25, 0.3) is 11.1 Å². The zero-order valence-electron chi connectivity index (χ0n) is 25.4. The summed E-state index contributed by atoms with van der Waals surface area (Å²) < 4.78 is 68.1. The van der Waals surface area contributed by atoms with E-state index in [4.69, 9.17) is 9.47 Å². The minimum atomic E-state index is -0.678. The van der Waals surface area contributed by atoms with Crippen molar-refractivity contribution in [2.75, 3.05) is 40.4 Å². The fraction of sp³-hybridized carbons (Fsp3) is 0.235. The number of nitrogens with zero attached hydrogens (tertiary/aromatic N) is 2. The SMILES string of the molecule is CNC(=O)N(CCOc1ccc(-c2ccc(OCCN(Cc3cccc(F)c3)C(=O)NC)c(F)c2)cc1F)Cc1cccc(F)c1. The van der Waals surface area contributed by atoms with Crippen molar-refractivity contribution < 1.29 is 36.6 Å². The van der Waals surface area contributed by atoms with Crippen molar-refractivity contribution in [2.24, 2.45) is 0 Å². The van der Waals surface area contributed by atoms with E-state index in [0.717, 1.165) is 0 Å². The Morgan fingerprint density at radius 1 is 0.609 bits per heavy atom. The van der Waals surface area contributed by atoms with Gasteiger partial charge in [0, 0.05) is 27.2 Å². The predicted octanol–water partition coefficient (Wildman–Crippen LogP) is 6.35. The largest absolute Gasteiger partial charge is 0.489 e. The van der Waals surface area contributed by atoms with E-state index in [1.807, 2.05) is 0 Å². The highest BCUT2D eigenvalue weighted by Gasteiger charge is 2.16. The average molecular weight is 639 g/mol. The Bertz CT molecular complexity index is 1530. The first-order valence-corrected chi connectivity index (χ1v) is 14.4. The van der Waals surface area contributed by atoms with Crippen LogP contribution in [0, 0.1) is 23.3 Å². The third-order valence-corrected chi connectivity index (χ3v) is 6.96. The first-order valence-electron chi connectivity index (χ1n) is 14.4. The molecule has 242 valence electrons. The van der Waals surface area contributed by atoms with Crippen molar-refractivity contribution in [1.82, 2.24) is 20.4 Å². The van der Waals surface area contributed by atoms with Crippen LogP contribution in [0.1, 0.15) is 11.1 Å². The monoisotopic (exact) mass is 638 g/mol. The molecular formula is C34H34F4N4O4. The Hall–Kier alpha value is -5.26. The molecule has 0 heterocycles. The fourth-order valence-electron chi connectivity index (χ4n) is 4.66. The Balaban J connectivity index is 1.33. The summed E-state index contributed by atoms with van der Waals surface area (Å²) in [4.78, 5) is 27.4. The van der Waals surface area contributed by atoms with Gasteiger partial charge in [-0.3, -0.25) is 0 Å². The third-order valence-electron chi connectivity index (χ3n) is 6.96. The molecule has 8 nitrogen and oxygen atoms in total. The van der Waals surface area contributed by atoms with Crippen molar-refractivity contribution in [3.8, 4) is 22.6 Å². The number of hydrogen-bond acceptors (Lipinski definition) is 4. The van der Waals surface area contributed by atoms with Gasteiger partial charge in [0.15, 0.2) is 23.1 Å². The number of carbonyl (C=O) groups is 2. The number of halogens is 4. The first kappa shape index (κ1) is 33.6. The molecule has 0 saturated carbocycles. The van der Waals surface area contributed by atoms with Gasteiger partial charge in [0.2, 0.25) is 0 Å². The molecule has 0 atom stereocenters. The summed E-state index contributed by atoms with van der Waals surface area (Å²) in [5.41, 5.74) is 1.98. The Morgan fingerprint density at radius 3 is 1.37 bits per heavy atom. The maximum Gasteiger partial charge on any atom is 0.317 e. The summed E-state index contributed by atoms with van der Waals surface area (Å²) >= 11 is 0. The van der Waals surface area contributed by atoms with Crippen molar-refractivity contribution >= 4 is 12.1 Å². The highest BCUT2D eigenvalue weighted by Crippen LogP contribution is 2.29. The van der Waals surface area contributed by atoms with Crippen LogP contribution >= 0.6 is 0 Å². The minimum Gasteiger partial charge on any atom is -0.489 e. The van der Waals surface area contributed by atoms with E-state index < -0.39 is 35.3 Å². The molecule has 0 aliphatic carbocycles. The van der Waals surface area contributed by atoms with Crippen LogP contribution in [-0.2, 0) is 13.1 Å². The van der Waals surface area contributed by atoms with E-state index in [9.17, 15) is 27.2 Å². The highest BCUT2D eigenvalue weighted by molar-refractivity contribution is 5.74. The second kappa shape index (κ2) is 16.2. The first-order chi connectivity index (χ1) is 22.2. The lowest BCUT2D eigenvalue weighted by molar-refractivity contribution is 0.179. The number of amides is 4. The molecule has 0 aliphatic rings. The Morgan fingerprint density at radius 2 is 1.02 bits per heavy atom. The predicted molar refractivity (Wildman–Crippen MR) is 165 cm³/mol. The number of benzene rings is 4. The molecule has 0 aromatic heterocycles. The topological polar surface area (TPSA) is 83.1 Å². The molecule has 4 rings (SSSR count). The van der Waals surface area contributed by atoms with E-state index in [1.165, 1.54) is 72.4 Å². The van der Waals surface area contributed by atoms with Crippen molar-refractivity contribution in [3.63, 3.8) is 0 Å². The molecule has 2 N–H and O–H groups in total. The molecule has 0 saturated heterocycles. The van der Waals surface area contributed by atoms with Crippen molar-refractivity contribution in [2.45, 2.75) is 13.1 Å². The lowest BCUT2D eigenvalue weighted by Gasteiger charge is -2.22. The Kier molecular flexibility index (Phi) is 11.8. The van der Waals surface area contributed by atoms with Crippen LogP contribution in [0.5, 0.6) is 11.5 Å². The van der Waals surface area contributed by atoms with Gasteiger partial charge in [0.05, 0.1) is 13.1 Å². The summed E-state index contributed by atoms with van der Waals surface area (Å²) in [7, 11) is 2.94. The molecule has 4 amide bonds. The molecule has 12 heteroatoms. The molecule has 0 fully saturated rings. The number of urea groups is 2. The smallest absolute Gasteiger partial charge is 0.317 e. The quantitative estimate of drug-likeness (QED) is 0.167. The lowest BCUT2D eigenvalue weighted by atomic mass is 10.0. The second-order valence-corrected chi connectivity index (χ2v) is 10.2. The van der Waals surface area contributed by atoms with Gasteiger partial charge in [-0.1, -0.05) is 36.4 Å². The van der Waals surface area contributed by atoms with Crippen LogP contribution in [0.4, 0.5) is 27.2 Å². The highest BCUT2D eigenvalue weighted by atomic mass is 19.1. The zero-order chi connectivity index (χ0) is 33.1. The van der Waals surface area contributed by atoms with Gasteiger partial charge >= 0.3 is 12.1 Å². The van der Waals surface area contributed by atoms with Crippen LogP contribution in [0.3, 0.4) is 0 Å². The second-order valence-electron chi connectivity index (χ2n) is 10.2. The normalized spacial score (nSPS) is 10.7. The van der Waals surface area contributed by atoms with E-state index in [1.54, 1.807) is 36.4 Å². The fourth-order valence-corrected chi connectivity index (χ4v) is 4.66. The van der Waals surface area contributed by atoms with Crippen LogP contribution in [0.2, 0.25) is 0 Å². The maximum atomic E-state index is 14.9. The standard InChI is InChI=1S/C34H34F4N4O4/c1-39-33(43)41(21-23-5-3-7-27(35)17-23)13-15-45-31-11-9-25(19-29(31)37)26-10-12-32(30(38)20-26)46-16-14-42(34(44)40-2)22-24-6-4-8-28(36)18-24/h3-12,17-20H,13-16,21-22H2,1-2H3,(H,39,43)(H,40,44). The summed E-state index contributed by atoms with van der Waals surface area (Å²) in [6.45, 7) is 0.424. The van der Waals surface area contributed by atoms with Crippen molar-refractivity contribution in [1.29, 1.82) is 0 Å². The van der Waals surface area contributed by atoms with E-state index in [2.05, 4.69) is 10.6 Å². The zero-order valence-corrected chi connectivity index (χ0v) is 25.4. The number of ether oxygens (including phenoxy) is 2. The van der Waals surface area contributed by atoms with Crippen LogP contribution in [-0.4, -0.2) is 62.3 Å². The van der Waals surface area contributed by atoms with Crippen molar-refractivity contribution in [3.05, 3.63) is 119 Å². The molecule has 46 heavy (non-hydrogen) atoms. The Labute approximate surface area is 264 Å². The van der Waals surface area contributed by atoms with Gasteiger partial charge < -0.3 is 29.9 Å². The summed E-state index contributed by atoms with van der Waals surface area (Å²) in [6, 6.07) is 19.4. The molecule has 0 bridgehead atoms. The van der Waals surface area contributed by atoms with E-state index in [-0.39, 0.29) is 50.9 Å². The van der Waals surface area contributed by atoms with Gasteiger partial charge in [-0.25, -0.2) is 27.2 Å². The summed E-state index contributed by atoms with van der Waals surface area (Å²) in [6.07, 6.45) is 0. The van der Waals surface area contributed by atoms with Crippen LogP contribution < -0.4 is 20.1 Å². The molecule has 0 radical (unpaired) electrons. The molecule has 0 aliphatic heterocycles. The minimum absolute atomic E-state index is 0.0285. The number of hydrogen-bond donors (Lipinski definition) is 2. The molecule has 4 aromatic rings. The molecule has 4 aromatic carbocycles. The van der Waals surface area contributed by atoms with Gasteiger partial charge in [-0.2, -0.15) is 0 Å². The molecule has 0 spiro atoms. The number of carbonyl (C=O) groups excluding carboxylic acids is 2.